The van der Waals surface area contributed by atoms with Crippen molar-refractivity contribution >= 4 is 5.97 Å². The zero-order valence-corrected chi connectivity index (χ0v) is 12.6. The van der Waals surface area contributed by atoms with Crippen molar-refractivity contribution in [2.75, 3.05) is 6.54 Å². The average Bonchev–Trinajstić information content (AvgIpc) is 2.98. The lowest BCUT2D eigenvalue weighted by Crippen LogP contribution is -2.39. The molecule has 4 heteroatoms. The molecule has 0 saturated carbocycles. The van der Waals surface area contributed by atoms with Gasteiger partial charge in [-0.2, -0.15) is 0 Å². The lowest BCUT2D eigenvalue weighted by Gasteiger charge is -2.32. The quantitative estimate of drug-likeness (QED) is 0.942. The number of aliphatic carboxylic acids is 1. The number of pyridine rings is 1. The summed E-state index contributed by atoms with van der Waals surface area (Å²) in [5.74, 6) is -0.732. The van der Waals surface area contributed by atoms with E-state index < -0.39 is 12.0 Å². The Hall–Kier alpha value is -2.20. The molecule has 2 unspecified atom stereocenters. The molecule has 1 saturated heterocycles. The monoisotopic (exact) mass is 296 g/mol. The maximum Gasteiger partial charge on any atom is 0.320 e. The fourth-order valence-corrected chi connectivity index (χ4v) is 3.32. The van der Waals surface area contributed by atoms with Gasteiger partial charge >= 0.3 is 5.97 Å². The van der Waals surface area contributed by atoms with Gasteiger partial charge in [-0.3, -0.25) is 14.7 Å². The third-order valence-electron chi connectivity index (χ3n) is 4.29. The van der Waals surface area contributed by atoms with Crippen LogP contribution in [0, 0.1) is 6.92 Å². The highest BCUT2D eigenvalue weighted by Crippen LogP contribution is 2.34. The van der Waals surface area contributed by atoms with Gasteiger partial charge in [0.2, 0.25) is 0 Å². The van der Waals surface area contributed by atoms with E-state index in [-0.39, 0.29) is 6.04 Å². The lowest BCUT2D eigenvalue weighted by molar-refractivity contribution is -0.142. The summed E-state index contributed by atoms with van der Waals surface area (Å²) >= 11 is 0. The van der Waals surface area contributed by atoms with Crippen LogP contribution in [0.1, 0.15) is 35.6 Å². The molecular weight excluding hydrogens is 276 g/mol. The number of nitrogens with zero attached hydrogens (tertiary/aromatic N) is 2. The zero-order chi connectivity index (χ0) is 15.5. The van der Waals surface area contributed by atoms with Crippen LogP contribution in [0.15, 0.2) is 48.8 Å². The summed E-state index contributed by atoms with van der Waals surface area (Å²) in [5, 5.41) is 9.53. The molecule has 0 bridgehead atoms. The molecule has 0 amide bonds. The third-order valence-corrected chi connectivity index (χ3v) is 4.29. The Morgan fingerprint density at radius 2 is 2.05 bits per heavy atom. The number of hydrogen-bond donors (Lipinski definition) is 1. The second-order valence-electron chi connectivity index (χ2n) is 5.83. The van der Waals surface area contributed by atoms with Gasteiger partial charge in [-0.15, -0.1) is 0 Å². The first kappa shape index (κ1) is 14.7. The van der Waals surface area contributed by atoms with Gasteiger partial charge in [-0.25, -0.2) is 0 Å². The van der Waals surface area contributed by atoms with Gasteiger partial charge in [0.05, 0.1) is 6.04 Å². The highest BCUT2D eigenvalue weighted by molar-refractivity contribution is 5.74. The zero-order valence-electron chi connectivity index (χ0n) is 12.6. The van der Waals surface area contributed by atoms with Gasteiger partial charge in [0.15, 0.2) is 0 Å². The van der Waals surface area contributed by atoms with Crippen molar-refractivity contribution in [3.8, 4) is 0 Å². The summed E-state index contributed by atoms with van der Waals surface area (Å²) in [6.45, 7) is 2.86. The highest BCUT2D eigenvalue weighted by Gasteiger charge is 2.36. The van der Waals surface area contributed by atoms with Crippen molar-refractivity contribution in [3.63, 3.8) is 0 Å². The molecule has 2 atom stereocenters. The first-order valence-corrected chi connectivity index (χ1v) is 7.62. The SMILES string of the molecule is Cc1cccc(C(c2ccncc2)N2CCCC2C(=O)O)c1. The van der Waals surface area contributed by atoms with Crippen LogP contribution in [0.3, 0.4) is 0 Å². The molecule has 1 aliphatic heterocycles. The molecular formula is C18H20N2O2. The number of hydrogen-bond acceptors (Lipinski definition) is 3. The Morgan fingerprint density at radius 3 is 2.73 bits per heavy atom. The van der Waals surface area contributed by atoms with Crippen LogP contribution in [0.5, 0.6) is 0 Å². The smallest absolute Gasteiger partial charge is 0.320 e. The molecule has 22 heavy (non-hydrogen) atoms. The minimum Gasteiger partial charge on any atom is -0.480 e. The number of aryl methyl sites for hydroxylation is 1. The topological polar surface area (TPSA) is 53.4 Å². The second kappa shape index (κ2) is 6.28. The number of aromatic nitrogens is 1. The molecule has 2 heterocycles. The van der Waals surface area contributed by atoms with E-state index in [0.29, 0.717) is 6.42 Å². The van der Waals surface area contributed by atoms with Crippen molar-refractivity contribution in [2.24, 2.45) is 0 Å². The van der Waals surface area contributed by atoms with Gasteiger partial charge in [0.1, 0.15) is 6.04 Å². The minimum absolute atomic E-state index is 0.0356. The van der Waals surface area contributed by atoms with Crippen LogP contribution in [0.25, 0.3) is 0 Å². The summed E-state index contributed by atoms with van der Waals surface area (Å²) in [6, 6.07) is 11.8. The fourth-order valence-electron chi connectivity index (χ4n) is 3.32. The van der Waals surface area contributed by atoms with Gasteiger partial charge in [-0.05, 0) is 43.0 Å². The number of rotatable bonds is 4. The molecule has 3 rings (SSSR count). The molecule has 2 aromatic rings. The molecule has 0 spiro atoms. The molecule has 4 nitrogen and oxygen atoms in total. The first-order chi connectivity index (χ1) is 10.7. The lowest BCUT2D eigenvalue weighted by atomic mass is 9.96. The first-order valence-electron chi connectivity index (χ1n) is 7.62. The van der Waals surface area contributed by atoms with E-state index in [2.05, 4.69) is 35.0 Å². The normalized spacial score (nSPS) is 20.0. The number of likely N-dealkylation sites (tertiary alicyclic amines) is 1. The molecule has 1 aromatic heterocycles. The molecule has 1 aromatic carbocycles. The Labute approximate surface area is 130 Å². The molecule has 0 radical (unpaired) electrons. The van der Waals surface area contributed by atoms with Gasteiger partial charge < -0.3 is 5.11 Å². The predicted octanol–water partition coefficient (Wildman–Crippen LogP) is 3.03. The van der Waals surface area contributed by atoms with Crippen LogP contribution in [-0.4, -0.2) is 33.5 Å². The van der Waals surface area contributed by atoms with Crippen molar-refractivity contribution in [3.05, 3.63) is 65.5 Å². The minimum atomic E-state index is -0.732. The predicted molar refractivity (Wildman–Crippen MR) is 84.6 cm³/mol. The number of carbonyl (C=O) groups is 1. The van der Waals surface area contributed by atoms with Gasteiger partial charge in [0, 0.05) is 18.9 Å². The van der Waals surface area contributed by atoms with Gasteiger partial charge in [0.25, 0.3) is 0 Å². The Balaban J connectivity index is 2.05. The maximum absolute atomic E-state index is 11.6. The van der Waals surface area contributed by atoms with Crippen molar-refractivity contribution in [2.45, 2.75) is 31.8 Å². The van der Waals surface area contributed by atoms with E-state index >= 15 is 0 Å². The van der Waals surface area contributed by atoms with E-state index in [9.17, 15) is 9.90 Å². The van der Waals surface area contributed by atoms with E-state index in [4.69, 9.17) is 0 Å². The number of carboxylic acids is 1. The average molecular weight is 296 g/mol. The largest absolute Gasteiger partial charge is 0.480 e. The van der Waals surface area contributed by atoms with E-state index in [1.54, 1.807) is 12.4 Å². The fraction of sp³-hybridized carbons (Fsp3) is 0.333. The van der Waals surface area contributed by atoms with Crippen molar-refractivity contribution in [1.82, 2.24) is 9.88 Å². The number of carboxylic acid groups (broad SMARTS) is 1. The highest BCUT2D eigenvalue weighted by atomic mass is 16.4. The van der Waals surface area contributed by atoms with E-state index in [1.165, 1.54) is 5.56 Å². The van der Waals surface area contributed by atoms with Gasteiger partial charge in [-0.1, -0.05) is 29.8 Å². The van der Waals surface area contributed by atoms with Crippen molar-refractivity contribution < 1.29 is 9.90 Å². The molecule has 114 valence electrons. The Kier molecular flexibility index (Phi) is 4.20. The summed E-state index contributed by atoms with van der Waals surface area (Å²) in [4.78, 5) is 17.8. The third kappa shape index (κ3) is 2.88. The van der Waals surface area contributed by atoms with Crippen LogP contribution >= 0.6 is 0 Å². The Morgan fingerprint density at radius 1 is 1.27 bits per heavy atom. The molecule has 1 N–H and O–H groups in total. The van der Waals surface area contributed by atoms with Crippen LogP contribution in [0.2, 0.25) is 0 Å². The van der Waals surface area contributed by atoms with Crippen LogP contribution < -0.4 is 0 Å². The summed E-state index contributed by atoms with van der Waals surface area (Å²) in [5.41, 5.74) is 3.41. The van der Waals surface area contributed by atoms with E-state index in [0.717, 1.165) is 24.1 Å². The van der Waals surface area contributed by atoms with E-state index in [1.807, 2.05) is 18.2 Å². The number of benzene rings is 1. The summed E-state index contributed by atoms with van der Waals surface area (Å²) < 4.78 is 0. The Bertz CT molecular complexity index is 657. The van der Waals surface area contributed by atoms with Crippen LogP contribution in [0.4, 0.5) is 0 Å². The second-order valence-corrected chi connectivity index (χ2v) is 5.83. The van der Waals surface area contributed by atoms with Crippen molar-refractivity contribution in [1.29, 1.82) is 0 Å². The van der Waals surface area contributed by atoms with Crippen LogP contribution in [-0.2, 0) is 4.79 Å². The maximum atomic E-state index is 11.6. The summed E-state index contributed by atoms with van der Waals surface area (Å²) in [7, 11) is 0. The standard InChI is InChI=1S/C18H20N2O2/c1-13-4-2-5-15(12-13)17(14-7-9-19-10-8-14)20-11-3-6-16(20)18(21)22/h2,4-5,7-10,12,16-17H,3,6,11H2,1H3,(H,21,22). The molecule has 0 aliphatic carbocycles. The molecule has 1 fully saturated rings. The molecule has 1 aliphatic rings. The summed E-state index contributed by atoms with van der Waals surface area (Å²) in [6.07, 6.45) is 5.17.